The smallest absolute Gasteiger partial charge is 0.345 e. The van der Waals surface area contributed by atoms with Crippen LogP contribution in [0, 0.1) is 12.7 Å². The zero-order valence-corrected chi connectivity index (χ0v) is 12.9. The Hall–Kier alpha value is -2.98. The number of alkyl halides is 3. The van der Waals surface area contributed by atoms with Gasteiger partial charge in [0.25, 0.3) is 5.91 Å². The van der Waals surface area contributed by atoms with Crippen LogP contribution in [0.2, 0.25) is 0 Å². The second-order valence-electron chi connectivity index (χ2n) is 4.95. The third-order valence-electron chi connectivity index (χ3n) is 2.94. The van der Waals surface area contributed by atoms with Crippen LogP contribution in [0.3, 0.4) is 0 Å². The Morgan fingerprint density at radius 1 is 1.16 bits per heavy atom. The van der Waals surface area contributed by atoms with E-state index in [4.69, 9.17) is 0 Å². The molecule has 2 rings (SSSR count). The van der Waals surface area contributed by atoms with Crippen molar-refractivity contribution in [2.45, 2.75) is 13.1 Å². The maximum Gasteiger partial charge on any atom is 0.405 e. The predicted octanol–water partition coefficient (Wildman–Crippen LogP) is 1.12. The van der Waals surface area contributed by atoms with Gasteiger partial charge in [0, 0.05) is 0 Å². The number of aryl methyl sites for hydroxylation is 1. The summed E-state index contributed by atoms with van der Waals surface area (Å²) in [4.78, 5) is 27.0. The summed E-state index contributed by atoms with van der Waals surface area (Å²) < 4.78 is 50.1. The van der Waals surface area contributed by atoms with Gasteiger partial charge in [-0.3, -0.25) is 9.59 Å². The fourth-order valence-corrected chi connectivity index (χ4v) is 1.81. The van der Waals surface area contributed by atoms with Crippen molar-refractivity contribution < 1.29 is 27.2 Å². The second-order valence-corrected chi connectivity index (χ2v) is 4.95. The summed E-state index contributed by atoms with van der Waals surface area (Å²) in [6.07, 6.45) is -4.54. The van der Waals surface area contributed by atoms with Crippen molar-refractivity contribution in [1.29, 1.82) is 0 Å². The summed E-state index contributed by atoms with van der Waals surface area (Å²) >= 11 is 0. The molecular formula is C14H13F4N5O2. The molecule has 2 N–H and O–H groups in total. The van der Waals surface area contributed by atoms with E-state index in [2.05, 4.69) is 15.4 Å². The van der Waals surface area contributed by atoms with Gasteiger partial charge in [-0.25, -0.2) is 14.1 Å². The summed E-state index contributed by atoms with van der Waals surface area (Å²) in [6, 6.07) is 5.29. The number of nitrogens with one attached hydrogen (secondary N) is 2. The molecule has 0 radical (unpaired) electrons. The molecule has 0 saturated heterocycles. The van der Waals surface area contributed by atoms with E-state index in [0.717, 1.165) is 0 Å². The highest BCUT2D eigenvalue weighted by atomic mass is 19.4. The SMILES string of the molecule is Cc1nc(C(=O)NCC(=O)NCC(F)(F)F)nn1-c1ccc(F)cc1. The number of hydrogen-bond donors (Lipinski definition) is 2. The number of carbonyl (C=O) groups excluding carboxylic acids is 2. The highest BCUT2D eigenvalue weighted by Gasteiger charge is 2.27. The van der Waals surface area contributed by atoms with Crippen LogP contribution in [-0.4, -0.2) is 45.8 Å². The van der Waals surface area contributed by atoms with E-state index in [0.29, 0.717) is 11.5 Å². The van der Waals surface area contributed by atoms with Crippen LogP contribution < -0.4 is 10.6 Å². The van der Waals surface area contributed by atoms with Crippen LogP contribution in [0.15, 0.2) is 24.3 Å². The van der Waals surface area contributed by atoms with E-state index in [1.54, 1.807) is 12.2 Å². The fourth-order valence-electron chi connectivity index (χ4n) is 1.81. The van der Waals surface area contributed by atoms with Gasteiger partial charge in [0.05, 0.1) is 12.2 Å². The number of amides is 2. The van der Waals surface area contributed by atoms with Crippen molar-refractivity contribution in [2.75, 3.05) is 13.1 Å². The molecule has 25 heavy (non-hydrogen) atoms. The Morgan fingerprint density at radius 3 is 2.40 bits per heavy atom. The minimum absolute atomic E-state index is 0.273. The third-order valence-corrected chi connectivity index (χ3v) is 2.94. The van der Waals surface area contributed by atoms with Gasteiger partial charge in [-0.1, -0.05) is 0 Å². The van der Waals surface area contributed by atoms with Crippen LogP contribution in [-0.2, 0) is 4.79 Å². The first-order valence-corrected chi connectivity index (χ1v) is 6.97. The van der Waals surface area contributed by atoms with Crippen molar-refractivity contribution >= 4 is 11.8 Å². The molecule has 0 spiro atoms. The van der Waals surface area contributed by atoms with Crippen LogP contribution >= 0.6 is 0 Å². The van der Waals surface area contributed by atoms with Crippen molar-refractivity contribution in [1.82, 2.24) is 25.4 Å². The average molecular weight is 359 g/mol. The molecular weight excluding hydrogens is 346 g/mol. The minimum Gasteiger partial charge on any atom is -0.345 e. The molecule has 1 heterocycles. The molecule has 0 saturated carbocycles. The number of aromatic nitrogens is 3. The lowest BCUT2D eigenvalue weighted by atomic mass is 10.3. The Bertz CT molecular complexity index is 771. The highest BCUT2D eigenvalue weighted by molar-refractivity contribution is 5.93. The lowest BCUT2D eigenvalue weighted by Gasteiger charge is -2.08. The van der Waals surface area contributed by atoms with E-state index in [-0.39, 0.29) is 5.82 Å². The molecule has 7 nitrogen and oxygen atoms in total. The van der Waals surface area contributed by atoms with E-state index in [1.807, 2.05) is 0 Å². The van der Waals surface area contributed by atoms with Gasteiger partial charge in [-0.2, -0.15) is 13.2 Å². The third kappa shape index (κ3) is 5.26. The number of halogens is 4. The Morgan fingerprint density at radius 2 is 1.80 bits per heavy atom. The zero-order chi connectivity index (χ0) is 18.6. The first kappa shape index (κ1) is 18.4. The standard InChI is InChI=1S/C14H13F4N5O2/c1-8-21-12(22-23(8)10-4-2-9(15)3-5-10)13(25)19-6-11(24)20-7-14(16,17)18/h2-5H,6-7H2,1H3,(H,19,25)(H,20,24). The van der Waals surface area contributed by atoms with Crippen molar-refractivity contribution in [3.05, 3.63) is 41.7 Å². The Kier molecular flexibility index (Phi) is 5.35. The molecule has 2 amide bonds. The van der Waals surface area contributed by atoms with Gasteiger partial charge in [-0.15, -0.1) is 5.10 Å². The first-order chi connectivity index (χ1) is 11.7. The molecule has 0 aliphatic rings. The largest absolute Gasteiger partial charge is 0.405 e. The lowest BCUT2D eigenvalue weighted by Crippen LogP contribution is -2.41. The van der Waals surface area contributed by atoms with Gasteiger partial charge < -0.3 is 10.6 Å². The minimum atomic E-state index is -4.54. The lowest BCUT2D eigenvalue weighted by molar-refractivity contribution is -0.137. The number of hydrogen-bond acceptors (Lipinski definition) is 4. The molecule has 0 fully saturated rings. The van der Waals surface area contributed by atoms with Crippen molar-refractivity contribution in [2.24, 2.45) is 0 Å². The fraction of sp³-hybridized carbons (Fsp3) is 0.286. The molecule has 0 unspecified atom stereocenters. The zero-order valence-electron chi connectivity index (χ0n) is 12.9. The molecule has 0 aliphatic heterocycles. The molecule has 0 aliphatic carbocycles. The topological polar surface area (TPSA) is 88.9 Å². The molecule has 134 valence electrons. The molecule has 1 aromatic heterocycles. The predicted molar refractivity (Wildman–Crippen MR) is 77.5 cm³/mol. The Labute approximate surface area is 139 Å². The molecule has 2 aromatic rings. The maximum atomic E-state index is 12.9. The van der Waals surface area contributed by atoms with E-state index < -0.39 is 36.9 Å². The monoisotopic (exact) mass is 359 g/mol. The van der Waals surface area contributed by atoms with Crippen LogP contribution in [0.5, 0.6) is 0 Å². The molecule has 0 atom stereocenters. The average Bonchev–Trinajstić information content (AvgIpc) is 2.92. The molecule has 1 aromatic carbocycles. The van der Waals surface area contributed by atoms with Gasteiger partial charge in [0.1, 0.15) is 18.2 Å². The van der Waals surface area contributed by atoms with Gasteiger partial charge in [0.2, 0.25) is 11.7 Å². The van der Waals surface area contributed by atoms with E-state index in [1.165, 1.54) is 28.9 Å². The quantitative estimate of drug-likeness (QED) is 0.783. The van der Waals surface area contributed by atoms with Crippen molar-refractivity contribution in [3.8, 4) is 5.69 Å². The van der Waals surface area contributed by atoms with Gasteiger partial charge in [0.15, 0.2) is 0 Å². The first-order valence-electron chi connectivity index (χ1n) is 6.97. The summed E-state index contributed by atoms with van der Waals surface area (Å²) in [5.74, 6) is -2.21. The van der Waals surface area contributed by atoms with Crippen LogP contribution in [0.1, 0.15) is 16.4 Å². The number of carbonyl (C=O) groups is 2. The number of nitrogens with zero attached hydrogens (tertiary/aromatic N) is 3. The van der Waals surface area contributed by atoms with Crippen molar-refractivity contribution in [3.63, 3.8) is 0 Å². The summed E-state index contributed by atoms with van der Waals surface area (Å²) in [5, 5.41) is 7.67. The van der Waals surface area contributed by atoms with E-state index in [9.17, 15) is 27.2 Å². The van der Waals surface area contributed by atoms with Crippen LogP contribution in [0.4, 0.5) is 17.6 Å². The summed E-state index contributed by atoms with van der Waals surface area (Å²) in [7, 11) is 0. The van der Waals surface area contributed by atoms with E-state index >= 15 is 0 Å². The number of rotatable bonds is 5. The molecule has 0 bridgehead atoms. The van der Waals surface area contributed by atoms with Gasteiger partial charge in [-0.05, 0) is 31.2 Å². The summed E-state index contributed by atoms with van der Waals surface area (Å²) in [6.45, 7) is -0.583. The highest BCUT2D eigenvalue weighted by Crippen LogP contribution is 2.12. The normalized spacial score (nSPS) is 11.2. The Balaban J connectivity index is 1.98. The van der Waals surface area contributed by atoms with Gasteiger partial charge >= 0.3 is 6.18 Å². The number of benzene rings is 1. The van der Waals surface area contributed by atoms with Crippen LogP contribution in [0.25, 0.3) is 5.69 Å². The summed E-state index contributed by atoms with van der Waals surface area (Å²) in [5.41, 5.74) is 0.466. The maximum absolute atomic E-state index is 12.9. The molecule has 11 heteroatoms. The second kappa shape index (κ2) is 7.28.